The molecule has 2 aromatic carbocycles. The van der Waals surface area contributed by atoms with Gasteiger partial charge in [-0.25, -0.2) is 4.79 Å². The van der Waals surface area contributed by atoms with Crippen molar-refractivity contribution in [2.75, 3.05) is 0 Å². The van der Waals surface area contributed by atoms with Crippen LogP contribution < -0.4 is 15.4 Å². The van der Waals surface area contributed by atoms with Crippen LogP contribution in [0.3, 0.4) is 0 Å². The highest BCUT2D eigenvalue weighted by Gasteiger charge is 2.32. The van der Waals surface area contributed by atoms with Crippen LogP contribution in [-0.4, -0.2) is 12.4 Å². The molecule has 0 radical (unpaired) electrons. The molecule has 3 rings (SSSR count). The molecular formula is C18H17F3N2O2. The number of halogens is 3. The lowest BCUT2D eigenvalue weighted by molar-refractivity contribution is -0.274. The third-order valence-corrected chi connectivity index (χ3v) is 4.08. The summed E-state index contributed by atoms with van der Waals surface area (Å²) in [5, 5.41) is 5.45. The first-order chi connectivity index (χ1) is 11.9. The lowest BCUT2D eigenvalue weighted by atomic mass is 10.1. The van der Waals surface area contributed by atoms with Crippen molar-refractivity contribution >= 4 is 6.03 Å². The van der Waals surface area contributed by atoms with Crippen molar-refractivity contribution in [1.29, 1.82) is 0 Å². The van der Waals surface area contributed by atoms with Crippen LogP contribution in [0.5, 0.6) is 5.75 Å². The third kappa shape index (κ3) is 4.43. The standard InChI is InChI=1S/C18H17F3N2O2/c19-18(20,21)25-16-8-4-2-6-13(16)11-22-17(24)23-15-10-9-12-5-1-3-7-14(12)15/h1-8,15H,9-11H2,(H2,22,23,24)/t15-/m1/s1. The van der Waals surface area contributed by atoms with Crippen LogP contribution in [0.25, 0.3) is 0 Å². The second kappa shape index (κ2) is 7.04. The number of aryl methyl sites for hydroxylation is 1. The summed E-state index contributed by atoms with van der Waals surface area (Å²) >= 11 is 0. The lowest BCUT2D eigenvalue weighted by Crippen LogP contribution is -2.37. The predicted molar refractivity (Wildman–Crippen MR) is 86.0 cm³/mol. The van der Waals surface area contributed by atoms with Gasteiger partial charge in [0.1, 0.15) is 5.75 Å². The highest BCUT2D eigenvalue weighted by Crippen LogP contribution is 2.30. The number of benzene rings is 2. The fourth-order valence-electron chi connectivity index (χ4n) is 2.97. The number of carbonyl (C=O) groups excluding carboxylic acids is 1. The number of hydrogen-bond donors (Lipinski definition) is 2. The van der Waals surface area contributed by atoms with E-state index in [0.717, 1.165) is 18.4 Å². The molecule has 132 valence electrons. The number of alkyl halides is 3. The van der Waals surface area contributed by atoms with E-state index in [9.17, 15) is 18.0 Å². The highest BCUT2D eigenvalue weighted by molar-refractivity contribution is 5.74. The van der Waals surface area contributed by atoms with E-state index in [1.54, 1.807) is 6.07 Å². The van der Waals surface area contributed by atoms with Gasteiger partial charge in [0.05, 0.1) is 6.04 Å². The van der Waals surface area contributed by atoms with Crippen molar-refractivity contribution < 1.29 is 22.7 Å². The molecule has 1 aliphatic rings. The molecular weight excluding hydrogens is 333 g/mol. The number of para-hydroxylation sites is 1. The maximum absolute atomic E-state index is 12.4. The zero-order valence-corrected chi connectivity index (χ0v) is 13.3. The van der Waals surface area contributed by atoms with Crippen molar-refractivity contribution in [2.24, 2.45) is 0 Å². The van der Waals surface area contributed by atoms with E-state index in [4.69, 9.17) is 0 Å². The summed E-state index contributed by atoms with van der Waals surface area (Å²) in [6.07, 6.45) is -3.07. The zero-order chi connectivity index (χ0) is 17.9. The van der Waals surface area contributed by atoms with Crippen molar-refractivity contribution in [3.05, 3.63) is 65.2 Å². The van der Waals surface area contributed by atoms with E-state index in [1.165, 1.54) is 23.8 Å². The van der Waals surface area contributed by atoms with E-state index in [1.807, 2.05) is 24.3 Å². The molecule has 2 amide bonds. The molecule has 0 unspecified atom stereocenters. The van der Waals surface area contributed by atoms with Gasteiger partial charge in [-0.1, -0.05) is 42.5 Å². The fourth-order valence-corrected chi connectivity index (χ4v) is 2.97. The minimum atomic E-state index is -4.77. The van der Waals surface area contributed by atoms with Gasteiger partial charge in [-0.2, -0.15) is 0 Å². The molecule has 0 fully saturated rings. The first-order valence-corrected chi connectivity index (χ1v) is 7.88. The summed E-state index contributed by atoms with van der Waals surface area (Å²) in [4.78, 5) is 12.1. The van der Waals surface area contributed by atoms with Crippen LogP contribution in [0.4, 0.5) is 18.0 Å². The van der Waals surface area contributed by atoms with Crippen LogP contribution in [0.2, 0.25) is 0 Å². The number of urea groups is 1. The molecule has 7 heteroatoms. The molecule has 1 aliphatic carbocycles. The van der Waals surface area contributed by atoms with Gasteiger partial charge in [0.15, 0.2) is 0 Å². The van der Waals surface area contributed by atoms with Crippen LogP contribution in [0, 0.1) is 0 Å². The van der Waals surface area contributed by atoms with Gasteiger partial charge >= 0.3 is 12.4 Å². The van der Waals surface area contributed by atoms with Gasteiger partial charge in [-0.3, -0.25) is 0 Å². The molecule has 4 nitrogen and oxygen atoms in total. The summed E-state index contributed by atoms with van der Waals surface area (Å²) < 4.78 is 41.2. The van der Waals surface area contributed by atoms with Crippen molar-refractivity contribution in [3.63, 3.8) is 0 Å². The molecule has 2 aromatic rings. The maximum Gasteiger partial charge on any atom is 0.573 e. The summed E-state index contributed by atoms with van der Waals surface area (Å²) in [5.74, 6) is -0.318. The third-order valence-electron chi connectivity index (χ3n) is 4.08. The Morgan fingerprint density at radius 1 is 1.12 bits per heavy atom. The van der Waals surface area contributed by atoms with Gasteiger partial charge < -0.3 is 15.4 Å². The number of amides is 2. The molecule has 0 heterocycles. The second-order valence-electron chi connectivity index (χ2n) is 5.77. The molecule has 0 aromatic heterocycles. The second-order valence-corrected chi connectivity index (χ2v) is 5.77. The van der Waals surface area contributed by atoms with Gasteiger partial charge in [-0.05, 0) is 30.0 Å². The van der Waals surface area contributed by atoms with Gasteiger partial charge in [0.2, 0.25) is 0 Å². The van der Waals surface area contributed by atoms with Crippen molar-refractivity contribution in [2.45, 2.75) is 31.8 Å². The SMILES string of the molecule is O=C(NCc1ccccc1OC(F)(F)F)N[C@@H]1CCc2ccccc21. The summed E-state index contributed by atoms with van der Waals surface area (Å²) in [6, 6.07) is 13.1. The number of hydrogen-bond acceptors (Lipinski definition) is 2. The average molecular weight is 350 g/mol. The summed E-state index contributed by atoms with van der Waals surface area (Å²) in [7, 11) is 0. The van der Waals surface area contributed by atoms with E-state index in [-0.39, 0.29) is 23.9 Å². The quantitative estimate of drug-likeness (QED) is 0.873. The van der Waals surface area contributed by atoms with Crippen LogP contribution in [-0.2, 0) is 13.0 Å². The Bertz CT molecular complexity index is 762. The van der Waals surface area contributed by atoms with E-state index in [0.29, 0.717) is 0 Å². The molecule has 1 atom stereocenters. The Morgan fingerprint density at radius 3 is 2.64 bits per heavy atom. The molecule has 0 aliphatic heterocycles. The number of fused-ring (bicyclic) bond motifs is 1. The highest BCUT2D eigenvalue weighted by atomic mass is 19.4. The fraction of sp³-hybridized carbons (Fsp3) is 0.278. The summed E-state index contributed by atoms with van der Waals surface area (Å²) in [6.45, 7) is -0.0630. The minimum Gasteiger partial charge on any atom is -0.405 e. The number of carbonyl (C=O) groups is 1. The molecule has 25 heavy (non-hydrogen) atoms. The normalized spacial score (nSPS) is 16.2. The lowest BCUT2D eigenvalue weighted by Gasteiger charge is -2.16. The number of rotatable bonds is 4. The van der Waals surface area contributed by atoms with Crippen LogP contribution in [0.15, 0.2) is 48.5 Å². The van der Waals surface area contributed by atoms with Crippen LogP contribution >= 0.6 is 0 Å². The van der Waals surface area contributed by atoms with Gasteiger partial charge in [-0.15, -0.1) is 13.2 Å². The first kappa shape index (κ1) is 17.1. The maximum atomic E-state index is 12.4. The molecule has 0 saturated heterocycles. The largest absolute Gasteiger partial charge is 0.573 e. The molecule has 0 bridgehead atoms. The molecule has 0 saturated carbocycles. The van der Waals surface area contributed by atoms with Crippen molar-refractivity contribution in [1.82, 2.24) is 10.6 Å². The average Bonchev–Trinajstić information content (AvgIpc) is 2.96. The Labute approximate surface area is 143 Å². The van der Waals surface area contributed by atoms with Crippen molar-refractivity contribution in [3.8, 4) is 5.75 Å². The monoisotopic (exact) mass is 350 g/mol. The van der Waals surface area contributed by atoms with E-state index >= 15 is 0 Å². The topological polar surface area (TPSA) is 50.4 Å². The number of ether oxygens (including phenoxy) is 1. The van der Waals surface area contributed by atoms with E-state index in [2.05, 4.69) is 15.4 Å². The smallest absolute Gasteiger partial charge is 0.405 e. The minimum absolute atomic E-state index is 0.0630. The van der Waals surface area contributed by atoms with Crippen LogP contribution in [0.1, 0.15) is 29.2 Å². The first-order valence-electron chi connectivity index (χ1n) is 7.88. The Balaban J connectivity index is 1.59. The Hall–Kier alpha value is -2.70. The summed E-state index contributed by atoms with van der Waals surface area (Å²) in [5.41, 5.74) is 2.54. The molecule has 2 N–H and O–H groups in total. The van der Waals surface area contributed by atoms with Gasteiger partial charge in [0, 0.05) is 12.1 Å². The Morgan fingerprint density at radius 2 is 1.84 bits per heavy atom. The zero-order valence-electron chi connectivity index (χ0n) is 13.3. The number of nitrogens with one attached hydrogen (secondary N) is 2. The predicted octanol–water partition coefficient (Wildman–Crippen LogP) is 4.07. The Kier molecular flexibility index (Phi) is 4.83. The van der Waals surface area contributed by atoms with Gasteiger partial charge in [0.25, 0.3) is 0 Å². The molecule has 0 spiro atoms. The van der Waals surface area contributed by atoms with E-state index < -0.39 is 12.4 Å².